The molecule has 2 fully saturated rings. The van der Waals surface area contributed by atoms with E-state index >= 15 is 0 Å². The van der Waals surface area contributed by atoms with Crippen molar-refractivity contribution in [1.29, 1.82) is 0 Å². The molecule has 1 atom stereocenters. The van der Waals surface area contributed by atoms with Gasteiger partial charge in [0.2, 0.25) is 5.91 Å². The number of carboxylic acids is 1. The minimum atomic E-state index is -0.741. The summed E-state index contributed by atoms with van der Waals surface area (Å²) < 4.78 is 0. The topological polar surface area (TPSA) is 69.6 Å². The van der Waals surface area contributed by atoms with Gasteiger partial charge in [-0.05, 0) is 44.7 Å². The average Bonchev–Trinajstić information content (AvgIpc) is 2.85. The number of aliphatic carboxylic acids is 1. The van der Waals surface area contributed by atoms with Gasteiger partial charge in [-0.2, -0.15) is 0 Å². The predicted octanol–water partition coefficient (Wildman–Crippen LogP) is 1.09. The van der Waals surface area contributed by atoms with Crippen LogP contribution >= 0.6 is 0 Å². The van der Waals surface area contributed by atoms with Gasteiger partial charge < -0.3 is 15.3 Å². The third-order valence-corrected chi connectivity index (χ3v) is 4.56. The van der Waals surface area contributed by atoms with Crippen molar-refractivity contribution >= 4 is 11.9 Å². The number of carboxylic acid groups (broad SMARTS) is 1. The quantitative estimate of drug-likeness (QED) is 0.801. The molecule has 2 N–H and O–H groups in total. The number of hydrogen-bond donors (Lipinski definition) is 2. The Bertz CT molecular complexity index is 351. The van der Waals surface area contributed by atoms with Crippen LogP contribution in [-0.2, 0) is 9.59 Å². The molecule has 2 aliphatic rings. The van der Waals surface area contributed by atoms with Crippen molar-refractivity contribution in [2.45, 2.75) is 39.0 Å². The fourth-order valence-corrected chi connectivity index (χ4v) is 3.15. The number of piperidine rings is 1. The predicted molar refractivity (Wildman–Crippen MR) is 71.8 cm³/mol. The van der Waals surface area contributed by atoms with E-state index in [1.165, 1.54) is 0 Å². The van der Waals surface area contributed by atoms with Gasteiger partial charge >= 0.3 is 5.97 Å². The fourth-order valence-electron chi connectivity index (χ4n) is 3.15. The molecule has 2 heterocycles. The lowest BCUT2D eigenvalue weighted by Gasteiger charge is -2.36. The second-order valence-electron chi connectivity index (χ2n) is 6.15. The zero-order chi connectivity index (χ0) is 13.9. The molecule has 0 aromatic carbocycles. The van der Waals surface area contributed by atoms with E-state index in [2.05, 4.69) is 12.2 Å². The number of hydrogen-bond acceptors (Lipinski definition) is 3. The number of nitrogens with zero attached hydrogens (tertiary/aromatic N) is 1. The number of carbonyl (C=O) groups is 2. The standard InChI is InChI=1S/C14H24N2O3/c1-14(5-7-15-8-6-14)13(19)16-9-4-11(10-16)2-3-12(17)18/h11,15H,2-10H2,1H3,(H,17,18). The molecule has 19 heavy (non-hydrogen) atoms. The minimum Gasteiger partial charge on any atom is -0.481 e. The summed E-state index contributed by atoms with van der Waals surface area (Å²) in [5, 5.41) is 12.0. The molecule has 0 aromatic heterocycles. The highest BCUT2D eigenvalue weighted by Gasteiger charge is 2.39. The van der Waals surface area contributed by atoms with Crippen LogP contribution in [0, 0.1) is 11.3 Å². The monoisotopic (exact) mass is 268 g/mol. The molecule has 5 heteroatoms. The summed E-state index contributed by atoms with van der Waals surface area (Å²) in [6.07, 6.45) is 3.67. The third kappa shape index (κ3) is 3.47. The van der Waals surface area contributed by atoms with Crippen molar-refractivity contribution in [3.05, 3.63) is 0 Å². The van der Waals surface area contributed by atoms with E-state index in [-0.39, 0.29) is 17.7 Å². The van der Waals surface area contributed by atoms with E-state index < -0.39 is 5.97 Å². The van der Waals surface area contributed by atoms with Crippen LogP contribution in [-0.4, -0.2) is 48.1 Å². The molecule has 2 aliphatic heterocycles. The lowest BCUT2D eigenvalue weighted by Crippen LogP contribution is -2.47. The van der Waals surface area contributed by atoms with Gasteiger partial charge in [0.15, 0.2) is 0 Å². The highest BCUT2D eigenvalue weighted by atomic mass is 16.4. The first-order valence-electron chi connectivity index (χ1n) is 7.23. The molecule has 0 saturated carbocycles. The molecule has 2 rings (SSSR count). The maximum atomic E-state index is 12.6. The van der Waals surface area contributed by atoms with Crippen LogP contribution < -0.4 is 5.32 Å². The first kappa shape index (κ1) is 14.3. The van der Waals surface area contributed by atoms with E-state index in [9.17, 15) is 9.59 Å². The first-order chi connectivity index (χ1) is 9.01. The number of carbonyl (C=O) groups excluding carboxylic acids is 1. The molecule has 0 radical (unpaired) electrons. The van der Waals surface area contributed by atoms with E-state index in [4.69, 9.17) is 5.11 Å². The zero-order valence-corrected chi connectivity index (χ0v) is 11.7. The number of likely N-dealkylation sites (tertiary alicyclic amines) is 1. The molecular weight excluding hydrogens is 244 g/mol. The normalized spacial score (nSPS) is 26.4. The Labute approximate surface area is 114 Å². The van der Waals surface area contributed by atoms with Crippen molar-refractivity contribution in [3.63, 3.8) is 0 Å². The van der Waals surface area contributed by atoms with Gasteiger partial charge in [-0.25, -0.2) is 0 Å². The van der Waals surface area contributed by atoms with Crippen molar-refractivity contribution in [2.24, 2.45) is 11.3 Å². The van der Waals surface area contributed by atoms with E-state index in [1.807, 2.05) is 4.90 Å². The third-order valence-electron chi connectivity index (χ3n) is 4.56. The van der Waals surface area contributed by atoms with Crippen molar-refractivity contribution in [2.75, 3.05) is 26.2 Å². The molecule has 1 amide bonds. The lowest BCUT2D eigenvalue weighted by atomic mass is 9.79. The largest absolute Gasteiger partial charge is 0.481 e. The molecule has 108 valence electrons. The number of amides is 1. The zero-order valence-electron chi connectivity index (χ0n) is 11.7. The van der Waals surface area contributed by atoms with E-state index in [1.54, 1.807) is 0 Å². The molecular formula is C14H24N2O3. The van der Waals surface area contributed by atoms with Gasteiger partial charge in [0.05, 0.1) is 0 Å². The Morgan fingerprint density at radius 1 is 1.37 bits per heavy atom. The highest BCUT2D eigenvalue weighted by Crippen LogP contribution is 2.33. The van der Waals surface area contributed by atoms with Gasteiger partial charge in [-0.1, -0.05) is 6.92 Å². The summed E-state index contributed by atoms with van der Waals surface area (Å²) >= 11 is 0. The molecule has 0 aliphatic carbocycles. The molecule has 0 spiro atoms. The summed E-state index contributed by atoms with van der Waals surface area (Å²) in [7, 11) is 0. The Balaban J connectivity index is 1.85. The van der Waals surface area contributed by atoms with Crippen LogP contribution in [0.25, 0.3) is 0 Å². The molecule has 0 bridgehead atoms. The number of rotatable bonds is 4. The average molecular weight is 268 g/mol. The van der Waals surface area contributed by atoms with Crippen LogP contribution in [0.4, 0.5) is 0 Å². The van der Waals surface area contributed by atoms with Crippen LogP contribution in [0.5, 0.6) is 0 Å². The van der Waals surface area contributed by atoms with E-state index in [0.717, 1.165) is 45.4 Å². The maximum absolute atomic E-state index is 12.6. The Hall–Kier alpha value is -1.10. The van der Waals surface area contributed by atoms with Gasteiger partial charge in [0.25, 0.3) is 0 Å². The molecule has 0 aromatic rings. The Morgan fingerprint density at radius 2 is 2.05 bits per heavy atom. The van der Waals surface area contributed by atoms with E-state index in [0.29, 0.717) is 12.3 Å². The van der Waals surface area contributed by atoms with Gasteiger partial charge in [-0.15, -0.1) is 0 Å². The minimum absolute atomic E-state index is 0.215. The fraction of sp³-hybridized carbons (Fsp3) is 0.857. The Morgan fingerprint density at radius 3 is 2.68 bits per heavy atom. The van der Waals surface area contributed by atoms with Crippen LogP contribution in [0.1, 0.15) is 39.0 Å². The van der Waals surface area contributed by atoms with Gasteiger partial charge in [0.1, 0.15) is 0 Å². The van der Waals surface area contributed by atoms with Gasteiger partial charge in [-0.3, -0.25) is 9.59 Å². The summed E-state index contributed by atoms with van der Waals surface area (Å²) in [4.78, 5) is 25.1. The summed E-state index contributed by atoms with van der Waals surface area (Å²) in [6, 6.07) is 0. The lowest BCUT2D eigenvalue weighted by molar-refractivity contribution is -0.141. The first-order valence-corrected chi connectivity index (χ1v) is 7.23. The van der Waals surface area contributed by atoms with Crippen LogP contribution in [0.2, 0.25) is 0 Å². The van der Waals surface area contributed by atoms with Crippen LogP contribution in [0.15, 0.2) is 0 Å². The number of nitrogens with one attached hydrogen (secondary N) is 1. The summed E-state index contributed by atoms with van der Waals surface area (Å²) in [5.74, 6) is -0.104. The second kappa shape index (κ2) is 5.90. The van der Waals surface area contributed by atoms with Crippen molar-refractivity contribution in [3.8, 4) is 0 Å². The Kier molecular flexibility index (Phi) is 4.45. The summed E-state index contributed by atoms with van der Waals surface area (Å²) in [6.45, 7) is 5.44. The van der Waals surface area contributed by atoms with Gasteiger partial charge in [0, 0.05) is 24.9 Å². The van der Waals surface area contributed by atoms with Crippen molar-refractivity contribution in [1.82, 2.24) is 10.2 Å². The second-order valence-corrected chi connectivity index (χ2v) is 6.15. The molecule has 2 saturated heterocycles. The summed E-state index contributed by atoms with van der Waals surface area (Å²) in [5.41, 5.74) is -0.215. The molecule has 5 nitrogen and oxygen atoms in total. The maximum Gasteiger partial charge on any atom is 0.303 e. The van der Waals surface area contributed by atoms with Crippen LogP contribution in [0.3, 0.4) is 0 Å². The molecule has 1 unspecified atom stereocenters. The smallest absolute Gasteiger partial charge is 0.303 e. The van der Waals surface area contributed by atoms with Crippen molar-refractivity contribution < 1.29 is 14.7 Å². The highest BCUT2D eigenvalue weighted by molar-refractivity contribution is 5.82. The SMILES string of the molecule is CC1(C(=O)N2CCC(CCC(=O)O)C2)CCNCC1.